The quantitative estimate of drug-likeness (QED) is 0.557. The largest absolute Gasteiger partial charge is 0.394 e. The van der Waals surface area contributed by atoms with Gasteiger partial charge in [0.15, 0.2) is 0 Å². The monoisotopic (exact) mass is 409 g/mol. The lowest BCUT2D eigenvalue weighted by atomic mass is 10.1. The Kier molecular flexibility index (Phi) is 6.84. The van der Waals surface area contributed by atoms with Crippen LogP contribution in [0, 0.1) is 0 Å². The molecule has 3 rings (SSSR count). The van der Waals surface area contributed by atoms with Gasteiger partial charge in [0.25, 0.3) is 17.6 Å². The average Bonchev–Trinajstić information content (AvgIpc) is 3.20. The fourth-order valence-corrected chi connectivity index (χ4v) is 3.77. The molecule has 7 nitrogen and oxygen atoms in total. The SMILES string of the molecule is C/C=c1/[nH]cc(C(=O)C(=O)N2CCN(C(=O)c3ccccc3)CC2CO)/c1=C/CC. The van der Waals surface area contributed by atoms with Crippen LogP contribution in [0.4, 0.5) is 0 Å². The summed E-state index contributed by atoms with van der Waals surface area (Å²) in [4.78, 5) is 44.7. The number of Topliss-reactive ketones (excluding diaryl/α,β-unsaturated/α-hetero) is 1. The zero-order chi connectivity index (χ0) is 21.7. The van der Waals surface area contributed by atoms with Crippen LogP contribution in [0.2, 0.25) is 0 Å². The third-order valence-electron chi connectivity index (χ3n) is 5.35. The zero-order valence-electron chi connectivity index (χ0n) is 17.3. The molecule has 1 fully saturated rings. The van der Waals surface area contributed by atoms with Crippen LogP contribution in [-0.2, 0) is 4.79 Å². The summed E-state index contributed by atoms with van der Waals surface area (Å²) in [6, 6.07) is 8.26. The molecule has 7 heteroatoms. The van der Waals surface area contributed by atoms with Crippen molar-refractivity contribution in [3.05, 3.63) is 58.2 Å². The molecule has 1 aromatic carbocycles. The summed E-state index contributed by atoms with van der Waals surface area (Å²) in [7, 11) is 0. The number of carbonyl (C=O) groups is 3. The molecule has 30 heavy (non-hydrogen) atoms. The van der Waals surface area contributed by atoms with Gasteiger partial charge in [0.05, 0.1) is 18.2 Å². The van der Waals surface area contributed by atoms with Gasteiger partial charge in [-0.1, -0.05) is 37.3 Å². The molecule has 2 aromatic rings. The number of aromatic nitrogens is 1. The summed E-state index contributed by atoms with van der Waals surface area (Å²) >= 11 is 0. The van der Waals surface area contributed by atoms with Gasteiger partial charge in [0.1, 0.15) is 0 Å². The van der Waals surface area contributed by atoms with Gasteiger partial charge in [0, 0.05) is 42.0 Å². The van der Waals surface area contributed by atoms with Crippen molar-refractivity contribution in [3.8, 4) is 0 Å². The van der Waals surface area contributed by atoms with Crippen LogP contribution in [0.3, 0.4) is 0 Å². The first-order valence-corrected chi connectivity index (χ1v) is 10.2. The Morgan fingerprint density at radius 1 is 1.20 bits per heavy atom. The van der Waals surface area contributed by atoms with Crippen LogP contribution in [0.25, 0.3) is 12.2 Å². The average molecular weight is 409 g/mol. The van der Waals surface area contributed by atoms with E-state index < -0.39 is 17.7 Å². The predicted octanol–water partition coefficient (Wildman–Crippen LogP) is 0.534. The zero-order valence-corrected chi connectivity index (χ0v) is 17.3. The molecule has 2 amide bonds. The molecule has 1 aromatic heterocycles. The second kappa shape index (κ2) is 9.54. The normalized spacial score (nSPS) is 18.0. The summed E-state index contributed by atoms with van der Waals surface area (Å²) in [5, 5.41) is 11.4. The second-order valence-corrected chi connectivity index (χ2v) is 7.21. The van der Waals surface area contributed by atoms with E-state index in [0.29, 0.717) is 17.7 Å². The molecule has 2 N–H and O–H groups in total. The Bertz CT molecular complexity index is 1040. The van der Waals surface area contributed by atoms with E-state index in [1.54, 1.807) is 35.4 Å². The van der Waals surface area contributed by atoms with Crippen molar-refractivity contribution in [3.63, 3.8) is 0 Å². The Morgan fingerprint density at radius 3 is 2.57 bits per heavy atom. The van der Waals surface area contributed by atoms with Crippen LogP contribution in [0.15, 0.2) is 36.5 Å². The number of nitrogens with one attached hydrogen (secondary N) is 1. The maximum Gasteiger partial charge on any atom is 0.295 e. The molecule has 0 aliphatic carbocycles. The molecule has 0 bridgehead atoms. The minimum absolute atomic E-state index is 0.152. The first-order chi connectivity index (χ1) is 14.5. The topological polar surface area (TPSA) is 93.7 Å². The Hall–Kier alpha value is -3.19. The summed E-state index contributed by atoms with van der Waals surface area (Å²) in [5.74, 6) is -1.42. The fourth-order valence-electron chi connectivity index (χ4n) is 3.77. The van der Waals surface area contributed by atoms with E-state index >= 15 is 0 Å². The number of aliphatic hydroxyl groups is 1. The van der Waals surface area contributed by atoms with Gasteiger partial charge in [-0.3, -0.25) is 14.4 Å². The molecule has 1 atom stereocenters. The number of piperazine rings is 1. The number of hydrogen-bond donors (Lipinski definition) is 2. The van der Waals surface area contributed by atoms with Gasteiger partial charge < -0.3 is 19.9 Å². The van der Waals surface area contributed by atoms with Crippen molar-refractivity contribution >= 4 is 29.7 Å². The molecule has 2 heterocycles. The van der Waals surface area contributed by atoms with E-state index in [9.17, 15) is 19.5 Å². The van der Waals surface area contributed by atoms with Crippen molar-refractivity contribution in [1.82, 2.24) is 14.8 Å². The van der Waals surface area contributed by atoms with Crippen molar-refractivity contribution in [2.24, 2.45) is 0 Å². The molecule has 1 unspecified atom stereocenters. The molecule has 1 saturated heterocycles. The lowest BCUT2D eigenvalue weighted by molar-refractivity contribution is -0.131. The lowest BCUT2D eigenvalue weighted by Gasteiger charge is -2.40. The van der Waals surface area contributed by atoms with Gasteiger partial charge in [0.2, 0.25) is 0 Å². The highest BCUT2D eigenvalue weighted by atomic mass is 16.3. The summed E-state index contributed by atoms with van der Waals surface area (Å²) < 4.78 is 0. The maximum absolute atomic E-state index is 13.0. The van der Waals surface area contributed by atoms with Crippen LogP contribution < -0.4 is 10.6 Å². The molecular weight excluding hydrogens is 382 g/mol. The highest BCUT2D eigenvalue weighted by molar-refractivity contribution is 6.42. The van der Waals surface area contributed by atoms with E-state index in [1.165, 1.54) is 4.90 Å². The Morgan fingerprint density at radius 2 is 1.93 bits per heavy atom. The van der Waals surface area contributed by atoms with Crippen LogP contribution in [-0.4, -0.2) is 69.8 Å². The smallest absolute Gasteiger partial charge is 0.295 e. The van der Waals surface area contributed by atoms with Gasteiger partial charge in [-0.15, -0.1) is 0 Å². The summed E-state index contributed by atoms with van der Waals surface area (Å²) in [6.07, 6.45) is 6.05. The number of benzene rings is 1. The molecule has 1 aliphatic rings. The minimum Gasteiger partial charge on any atom is -0.394 e. The van der Waals surface area contributed by atoms with Crippen LogP contribution >= 0.6 is 0 Å². The number of aromatic amines is 1. The molecule has 158 valence electrons. The van der Waals surface area contributed by atoms with E-state index in [-0.39, 0.29) is 25.6 Å². The van der Waals surface area contributed by atoms with E-state index in [1.807, 2.05) is 32.1 Å². The van der Waals surface area contributed by atoms with Gasteiger partial charge in [-0.25, -0.2) is 0 Å². The summed E-state index contributed by atoms with van der Waals surface area (Å²) in [5.41, 5.74) is 0.884. The van der Waals surface area contributed by atoms with Crippen molar-refractivity contribution in [2.45, 2.75) is 26.3 Å². The number of aliphatic hydroxyl groups excluding tert-OH is 1. The molecule has 0 spiro atoms. The number of H-pyrrole nitrogens is 1. The fraction of sp³-hybridized carbons (Fsp3) is 0.348. The standard InChI is InChI=1S/C23H27N3O4/c1-3-8-18-19(13-24-20(18)4-2)21(28)23(30)26-12-11-25(14-17(26)15-27)22(29)16-9-6-5-7-10-16/h4-10,13,17,24,27H,3,11-12,14-15H2,1-2H3/b18-8-,20-4+. The predicted molar refractivity (Wildman–Crippen MR) is 114 cm³/mol. The second-order valence-electron chi connectivity index (χ2n) is 7.21. The van der Waals surface area contributed by atoms with E-state index in [2.05, 4.69) is 4.98 Å². The van der Waals surface area contributed by atoms with E-state index in [0.717, 1.165) is 17.0 Å². The maximum atomic E-state index is 13.0. The minimum atomic E-state index is -0.659. The molecule has 0 radical (unpaired) electrons. The van der Waals surface area contributed by atoms with Crippen molar-refractivity contribution < 1.29 is 19.5 Å². The Labute approximate surface area is 175 Å². The molecule has 0 saturated carbocycles. The molecule has 1 aliphatic heterocycles. The first-order valence-electron chi connectivity index (χ1n) is 10.2. The van der Waals surface area contributed by atoms with Crippen LogP contribution in [0.5, 0.6) is 0 Å². The number of carbonyl (C=O) groups excluding carboxylic acids is 3. The van der Waals surface area contributed by atoms with Crippen molar-refractivity contribution in [1.29, 1.82) is 0 Å². The molecular formula is C23H27N3O4. The summed E-state index contributed by atoms with van der Waals surface area (Å²) in [6.45, 7) is 4.18. The number of rotatable bonds is 5. The van der Waals surface area contributed by atoms with Gasteiger partial charge in [-0.05, 0) is 25.5 Å². The van der Waals surface area contributed by atoms with Crippen molar-refractivity contribution in [2.75, 3.05) is 26.2 Å². The highest BCUT2D eigenvalue weighted by Gasteiger charge is 2.35. The third-order valence-corrected chi connectivity index (χ3v) is 5.35. The number of amides is 2. The lowest BCUT2D eigenvalue weighted by Crippen LogP contribution is -2.59. The number of nitrogens with zero attached hydrogens (tertiary/aromatic N) is 2. The highest BCUT2D eigenvalue weighted by Crippen LogP contribution is 2.15. The first kappa shape index (κ1) is 21.5. The van der Waals surface area contributed by atoms with Crippen LogP contribution in [0.1, 0.15) is 41.0 Å². The third kappa shape index (κ3) is 4.21. The van der Waals surface area contributed by atoms with Gasteiger partial charge in [-0.2, -0.15) is 0 Å². The number of ketones is 1. The van der Waals surface area contributed by atoms with E-state index in [4.69, 9.17) is 0 Å². The van der Waals surface area contributed by atoms with Gasteiger partial charge >= 0.3 is 0 Å². The Balaban J connectivity index is 1.79. The number of hydrogen-bond acceptors (Lipinski definition) is 4.